The number of hydrogen-bond acceptors (Lipinski definition) is 9. The van der Waals surface area contributed by atoms with Crippen molar-refractivity contribution in [2.75, 3.05) is 6.61 Å². The van der Waals surface area contributed by atoms with Crippen LogP contribution in [-0.4, -0.2) is 59.5 Å². The molecule has 9 heteroatoms. The van der Waals surface area contributed by atoms with Crippen LogP contribution in [0.5, 0.6) is 0 Å². The van der Waals surface area contributed by atoms with Crippen LogP contribution in [0.1, 0.15) is 38.0 Å². The first kappa shape index (κ1) is 27.0. The topological polar surface area (TPSA) is 133 Å². The van der Waals surface area contributed by atoms with Crippen molar-refractivity contribution in [1.29, 1.82) is 0 Å². The smallest absolute Gasteiger partial charge is 0.338 e. The van der Waals surface area contributed by atoms with Crippen molar-refractivity contribution in [3.8, 4) is 0 Å². The van der Waals surface area contributed by atoms with Crippen molar-refractivity contribution in [3.05, 3.63) is 108 Å². The van der Waals surface area contributed by atoms with Gasteiger partial charge in [-0.05, 0) is 36.4 Å². The summed E-state index contributed by atoms with van der Waals surface area (Å²) in [5.74, 6) is -4.96. The Balaban J connectivity index is 1.89. The van der Waals surface area contributed by atoms with Crippen LogP contribution >= 0.6 is 0 Å². The fourth-order valence-electron chi connectivity index (χ4n) is 3.25. The van der Waals surface area contributed by atoms with Gasteiger partial charge in [0.1, 0.15) is 12.7 Å². The monoisotopic (exact) mass is 504 g/mol. The lowest BCUT2D eigenvalue weighted by molar-refractivity contribution is -0.150. The van der Waals surface area contributed by atoms with E-state index in [1.54, 1.807) is 54.6 Å². The number of ketones is 2. The highest BCUT2D eigenvalue weighted by molar-refractivity contribution is 6.38. The minimum absolute atomic E-state index is 0.0574. The molecule has 0 unspecified atom stereocenters. The summed E-state index contributed by atoms with van der Waals surface area (Å²) in [4.78, 5) is 62.6. The number of benzene rings is 3. The summed E-state index contributed by atoms with van der Waals surface area (Å²) in [6.45, 7) is 0.217. The fraction of sp³-hybridized carbons (Fsp3) is 0.179. The van der Waals surface area contributed by atoms with Crippen LogP contribution in [-0.2, 0) is 23.8 Å². The number of carbonyl (C=O) groups is 5. The third-order valence-corrected chi connectivity index (χ3v) is 5.17. The maximum atomic E-state index is 12.8. The molecule has 3 atom stereocenters. The van der Waals surface area contributed by atoms with E-state index in [9.17, 15) is 29.1 Å². The van der Waals surface area contributed by atoms with Crippen LogP contribution in [0.3, 0.4) is 0 Å². The molecular formula is C28H24O9. The highest BCUT2D eigenvalue weighted by Crippen LogP contribution is 2.18. The molecule has 0 saturated carbocycles. The standard InChI is InChI=1S/C28H24O9/c1-18(29)23(31)25(37-28(34)21-15-9-4-10-16-21)24(36-27(33)20-13-7-3-8-14-20)22(30)17-35-26(32)19-11-5-2-6-12-19/h2-16,22,24-25,30H,17H2,1H3/t22-,24+,25+/m1/s1. The molecule has 1 N–H and O–H groups in total. The molecule has 0 fully saturated rings. The molecule has 0 amide bonds. The predicted octanol–water partition coefficient (Wildman–Crippen LogP) is 2.81. The van der Waals surface area contributed by atoms with Gasteiger partial charge in [-0.3, -0.25) is 9.59 Å². The zero-order valence-electron chi connectivity index (χ0n) is 19.8. The molecule has 3 aromatic carbocycles. The predicted molar refractivity (Wildman–Crippen MR) is 130 cm³/mol. The summed E-state index contributed by atoms with van der Waals surface area (Å²) >= 11 is 0. The van der Waals surface area contributed by atoms with E-state index in [0.717, 1.165) is 6.92 Å². The average Bonchev–Trinajstić information content (AvgIpc) is 2.94. The second-order valence-corrected chi connectivity index (χ2v) is 7.88. The van der Waals surface area contributed by atoms with Crippen molar-refractivity contribution in [2.45, 2.75) is 25.2 Å². The zero-order chi connectivity index (χ0) is 26.8. The van der Waals surface area contributed by atoms with Crippen LogP contribution in [0.4, 0.5) is 0 Å². The highest BCUT2D eigenvalue weighted by atomic mass is 16.6. The van der Waals surface area contributed by atoms with Gasteiger partial charge in [-0.2, -0.15) is 0 Å². The Hall–Kier alpha value is -4.63. The molecule has 0 aliphatic rings. The van der Waals surface area contributed by atoms with E-state index in [4.69, 9.17) is 14.2 Å². The van der Waals surface area contributed by atoms with Crippen LogP contribution in [0.25, 0.3) is 0 Å². The van der Waals surface area contributed by atoms with Gasteiger partial charge in [-0.25, -0.2) is 14.4 Å². The number of aliphatic hydroxyl groups excluding tert-OH is 1. The number of rotatable bonds is 11. The Morgan fingerprint density at radius 1 is 0.649 bits per heavy atom. The molecule has 0 radical (unpaired) electrons. The Labute approximate surface area is 212 Å². The summed E-state index contributed by atoms with van der Waals surface area (Å²) in [5.41, 5.74) is 0.325. The summed E-state index contributed by atoms with van der Waals surface area (Å²) in [5, 5.41) is 10.9. The van der Waals surface area contributed by atoms with Crippen molar-refractivity contribution >= 4 is 29.5 Å². The first-order valence-electron chi connectivity index (χ1n) is 11.2. The van der Waals surface area contributed by atoms with E-state index >= 15 is 0 Å². The van der Waals surface area contributed by atoms with Gasteiger partial charge in [0.05, 0.1) is 16.7 Å². The van der Waals surface area contributed by atoms with Gasteiger partial charge in [0, 0.05) is 6.92 Å². The van der Waals surface area contributed by atoms with Gasteiger partial charge in [0.25, 0.3) is 0 Å². The second kappa shape index (κ2) is 12.9. The minimum Gasteiger partial charge on any atom is -0.459 e. The number of esters is 3. The van der Waals surface area contributed by atoms with E-state index in [1.807, 2.05) is 0 Å². The lowest BCUT2D eigenvalue weighted by Crippen LogP contribution is -2.51. The number of carbonyl (C=O) groups excluding carboxylic acids is 5. The number of hydrogen-bond donors (Lipinski definition) is 1. The molecule has 0 heterocycles. The molecule has 0 aliphatic heterocycles. The number of aliphatic hydroxyl groups is 1. The maximum absolute atomic E-state index is 12.8. The molecule has 0 saturated heterocycles. The van der Waals surface area contributed by atoms with Gasteiger partial charge in [-0.15, -0.1) is 0 Å². The SMILES string of the molecule is CC(=O)C(=O)[C@H](OC(=O)c1ccccc1)[C@@H](OC(=O)c1ccccc1)[C@H](O)COC(=O)c1ccccc1. The zero-order valence-corrected chi connectivity index (χ0v) is 19.8. The molecule has 0 bridgehead atoms. The summed E-state index contributed by atoms with van der Waals surface area (Å²) in [7, 11) is 0. The van der Waals surface area contributed by atoms with Crippen LogP contribution in [0, 0.1) is 0 Å². The van der Waals surface area contributed by atoms with Crippen molar-refractivity contribution < 1.29 is 43.3 Å². The van der Waals surface area contributed by atoms with Crippen molar-refractivity contribution in [2.24, 2.45) is 0 Å². The van der Waals surface area contributed by atoms with Gasteiger partial charge < -0.3 is 19.3 Å². The van der Waals surface area contributed by atoms with Crippen LogP contribution in [0.15, 0.2) is 91.0 Å². The molecule has 0 aliphatic carbocycles. The van der Waals surface area contributed by atoms with Gasteiger partial charge in [0.15, 0.2) is 11.9 Å². The van der Waals surface area contributed by atoms with Crippen LogP contribution in [0.2, 0.25) is 0 Å². The molecule has 190 valence electrons. The van der Waals surface area contributed by atoms with Crippen LogP contribution < -0.4 is 0 Å². The Bertz CT molecular complexity index is 1240. The molecule has 9 nitrogen and oxygen atoms in total. The van der Waals surface area contributed by atoms with E-state index in [0.29, 0.717) is 0 Å². The van der Waals surface area contributed by atoms with E-state index in [1.165, 1.54) is 36.4 Å². The number of ether oxygens (including phenoxy) is 3. The first-order chi connectivity index (χ1) is 17.8. The third-order valence-electron chi connectivity index (χ3n) is 5.17. The quantitative estimate of drug-likeness (QED) is 0.238. The molecule has 37 heavy (non-hydrogen) atoms. The third kappa shape index (κ3) is 7.42. The number of Topliss-reactive ketones (excluding diaryl/α,β-unsaturated/α-hetero) is 2. The normalized spacial score (nSPS) is 12.9. The first-order valence-corrected chi connectivity index (χ1v) is 11.2. The largest absolute Gasteiger partial charge is 0.459 e. The molecule has 0 aromatic heterocycles. The average molecular weight is 504 g/mol. The second-order valence-electron chi connectivity index (χ2n) is 7.88. The lowest BCUT2D eigenvalue weighted by atomic mass is 10.0. The maximum Gasteiger partial charge on any atom is 0.338 e. The molecular weight excluding hydrogens is 480 g/mol. The molecule has 3 rings (SSSR count). The molecule has 0 spiro atoms. The summed E-state index contributed by atoms with van der Waals surface area (Å²) in [6, 6.07) is 23.2. The van der Waals surface area contributed by atoms with Gasteiger partial charge in [0.2, 0.25) is 11.9 Å². The summed E-state index contributed by atoms with van der Waals surface area (Å²) in [6.07, 6.45) is -5.72. The van der Waals surface area contributed by atoms with E-state index in [2.05, 4.69) is 0 Å². The Kier molecular flexibility index (Phi) is 9.40. The Morgan fingerprint density at radius 3 is 1.49 bits per heavy atom. The van der Waals surface area contributed by atoms with E-state index < -0.39 is 54.4 Å². The van der Waals surface area contributed by atoms with Crippen molar-refractivity contribution in [3.63, 3.8) is 0 Å². The minimum atomic E-state index is -2.01. The van der Waals surface area contributed by atoms with Gasteiger partial charge >= 0.3 is 17.9 Å². The summed E-state index contributed by atoms with van der Waals surface area (Å²) < 4.78 is 15.8. The Morgan fingerprint density at radius 2 is 1.05 bits per heavy atom. The molecule has 3 aromatic rings. The lowest BCUT2D eigenvalue weighted by Gasteiger charge is -2.29. The van der Waals surface area contributed by atoms with Gasteiger partial charge in [-0.1, -0.05) is 54.6 Å². The van der Waals surface area contributed by atoms with E-state index in [-0.39, 0.29) is 16.7 Å². The highest BCUT2D eigenvalue weighted by Gasteiger charge is 2.42. The fourth-order valence-corrected chi connectivity index (χ4v) is 3.25. The van der Waals surface area contributed by atoms with Crippen molar-refractivity contribution in [1.82, 2.24) is 0 Å².